The lowest BCUT2D eigenvalue weighted by atomic mass is 9.76. The maximum absolute atomic E-state index is 12.8. The van der Waals surface area contributed by atoms with Gasteiger partial charge in [0.25, 0.3) is 0 Å². The second kappa shape index (κ2) is 7.03. The Labute approximate surface area is 174 Å². The molecule has 0 radical (unpaired) electrons. The van der Waals surface area contributed by atoms with Crippen molar-refractivity contribution in [3.63, 3.8) is 0 Å². The molecule has 4 rings (SSSR count). The van der Waals surface area contributed by atoms with Crippen LogP contribution in [-0.2, 0) is 17.6 Å². The predicted octanol–water partition coefficient (Wildman–Crippen LogP) is 3.41. The highest BCUT2D eigenvalue weighted by molar-refractivity contribution is 5.69. The number of piperidine rings is 1. The zero-order valence-electron chi connectivity index (χ0n) is 18.5. The van der Waals surface area contributed by atoms with Crippen LogP contribution in [0.4, 0.5) is 16.6 Å². The Morgan fingerprint density at radius 2 is 2.00 bits per heavy atom. The van der Waals surface area contributed by atoms with Crippen LogP contribution >= 0.6 is 0 Å². The van der Waals surface area contributed by atoms with Gasteiger partial charge in [-0.1, -0.05) is 13.8 Å². The van der Waals surface area contributed by atoms with E-state index in [2.05, 4.69) is 28.7 Å². The third kappa shape index (κ3) is 4.14. The first kappa shape index (κ1) is 20.2. The lowest BCUT2D eigenvalue weighted by Gasteiger charge is -2.37. The highest BCUT2D eigenvalue weighted by Crippen LogP contribution is 2.40. The molecule has 160 valence electrons. The molecule has 0 bridgehead atoms. The summed E-state index contributed by atoms with van der Waals surface area (Å²) in [4.78, 5) is 26.3. The van der Waals surface area contributed by atoms with Crippen LogP contribution in [0, 0.1) is 11.3 Å². The number of rotatable bonds is 1. The van der Waals surface area contributed by atoms with Gasteiger partial charge in [0.1, 0.15) is 11.4 Å². The van der Waals surface area contributed by atoms with Crippen molar-refractivity contribution in [1.29, 1.82) is 0 Å². The number of ether oxygens (including phenoxy) is 1. The van der Waals surface area contributed by atoms with E-state index in [1.165, 1.54) is 5.56 Å². The first-order valence-corrected chi connectivity index (χ1v) is 10.9. The fraction of sp³-hybridized carbons (Fsp3) is 0.773. The Hall–Kier alpha value is -2.05. The van der Waals surface area contributed by atoms with Crippen LogP contribution < -0.4 is 10.6 Å². The highest BCUT2D eigenvalue weighted by Gasteiger charge is 2.43. The summed E-state index contributed by atoms with van der Waals surface area (Å²) in [6, 6.07) is 0.172. The quantitative estimate of drug-likeness (QED) is 0.776. The molecule has 2 atom stereocenters. The number of amides is 1. The minimum atomic E-state index is -0.477. The van der Waals surface area contributed by atoms with Crippen LogP contribution in [-0.4, -0.2) is 52.2 Å². The smallest absolute Gasteiger partial charge is 0.410 e. The summed E-state index contributed by atoms with van der Waals surface area (Å²) in [5.74, 6) is 1.79. The maximum atomic E-state index is 12.8. The zero-order valence-corrected chi connectivity index (χ0v) is 18.5. The van der Waals surface area contributed by atoms with E-state index in [-0.39, 0.29) is 17.6 Å². The number of nitrogens with zero attached hydrogens (tertiary/aromatic N) is 4. The zero-order chi connectivity index (χ0) is 21.0. The Balaban J connectivity index is 1.58. The van der Waals surface area contributed by atoms with Gasteiger partial charge in [0.2, 0.25) is 5.95 Å². The summed E-state index contributed by atoms with van der Waals surface area (Å²) < 4.78 is 5.68. The monoisotopic (exact) mass is 401 g/mol. The van der Waals surface area contributed by atoms with Crippen molar-refractivity contribution in [2.24, 2.45) is 11.3 Å². The van der Waals surface area contributed by atoms with Gasteiger partial charge in [-0.25, -0.2) is 9.78 Å². The first-order chi connectivity index (χ1) is 13.5. The van der Waals surface area contributed by atoms with Gasteiger partial charge < -0.3 is 20.3 Å². The summed E-state index contributed by atoms with van der Waals surface area (Å²) in [5.41, 5.74) is 8.22. The Morgan fingerprint density at radius 1 is 1.24 bits per heavy atom. The molecule has 2 saturated heterocycles. The van der Waals surface area contributed by atoms with E-state index in [1.54, 1.807) is 0 Å². The number of carbonyl (C=O) groups excluding carboxylic acids is 1. The van der Waals surface area contributed by atoms with Gasteiger partial charge in [-0.3, -0.25) is 0 Å². The molecule has 7 heteroatoms. The van der Waals surface area contributed by atoms with Crippen molar-refractivity contribution < 1.29 is 9.53 Å². The van der Waals surface area contributed by atoms with Gasteiger partial charge in [0.15, 0.2) is 0 Å². The molecular formula is C22H35N5O2. The Bertz CT molecular complexity index is 801. The van der Waals surface area contributed by atoms with E-state index in [4.69, 9.17) is 10.5 Å². The number of aromatic nitrogens is 2. The average molecular weight is 402 g/mol. The Morgan fingerprint density at radius 3 is 2.72 bits per heavy atom. The van der Waals surface area contributed by atoms with Crippen molar-refractivity contribution in [1.82, 2.24) is 14.9 Å². The lowest BCUT2D eigenvalue weighted by molar-refractivity contribution is 0.00669. The molecule has 0 unspecified atom stereocenters. The number of nitrogens with two attached hydrogens (primary N) is 1. The summed E-state index contributed by atoms with van der Waals surface area (Å²) in [7, 11) is 0. The van der Waals surface area contributed by atoms with Crippen molar-refractivity contribution in [2.45, 2.75) is 78.4 Å². The van der Waals surface area contributed by atoms with E-state index in [9.17, 15) is 4.79 Å². The molecule has 1 aromatic rings. The van der Waals surface area contributed by atoms with E-state index in [0.29, 0.717) is 11.9 Å². The van der Waals surface area contributed by atoms with E-state index in [0.717, 1.165) is 63.3 Å². The molecule has 29 heavy (non-hydrogen) atoms. The summed E-state index contributed by atoms with van der Waals surface area (Å²) in [5, 5.41) is 0. The Kier molecular flexibility index (Phi) is 4.90. The number of anilines is 2. The highest BCUT2D eigenvalue weighted by atomic mass is 16.6. The molecule has 0 spiro atoms. The van der Waals surface area contributed by atoms with Crippen LogP contribution in [0.2, 0.25) is 0 Å². The fourth-order valence-corrected chi connectivity index (χ4v) is 5.11. The van der Waals surface area contributed by atoms with E-state index < -0.39 is 5.60 Å². The second-order valence-electron chi connectivity index (χ2n) is 10.7. The van der Waals surface area contributed by atoms with Crippen molar-refractivity contribution in [2.75, 3.05) is 30.3 Å². The van der Waals surface area contributed by atoms with Crippen molar-refractivity contribution >= 4 is 17.9 Å². The van der Waals surface area contributed by atoms with Crippen LogP contribution in [0.25, 0.3) is 0 Å². The van der Waals surface area contributed by atoms with Gasteiger partial charge >= 0.3 is 6.09 Å². The van der Waals surface area contributed by atoms with Gasteiger partial charge in [-0.15, -0.1) is 0 Å². The van der Waals surface area contributed by atoms with Crippen LogP contribution in [0.15, 0.2) is 0 Å². The van der Waals surface area contributed by atoms with Gasteiger partial charge in [-0.2, -0.15) is 4.98 Å². The van der Waals surface area contributed by atoms with Crippen LogP contribution in [0.3, 0.4) is 0 Å². The average Bonchev–Trinajstić information content (AvgIpc) is 3.02. The molecule has 0 aromatic carbocycles. The van der Waals surface area contributed by atoms with E-state index >= 15 is 0 Å². The molecule has 2 aliphatic heterocycles. The third-order valence-corrected chi connectivity index (χ3v) is 6.49. The number of hydrogen-bond donors (Lipinski definition) is 1. The summed E-state index contributed by atoms with van der Waals surface area (Å²) >= 11 is 0. The lowest BCUT2D eigenvalue weighted by Crippen LogP contribution is -2.50. The fourth-order valence-electron chi connectivity index (χ4n) is 5.11. The molecule has 2 fully saturated rings. The van der Waals surface area contributed by atoms with Crippen LogP contribution in [0.1, 0.15) is 65.1 Å². The predicted molar refractivity (Wildman–Crippen MR) is 114 cm³/mol. The summed E-state index contributed by atoms with van der Waals surface area (Å²) in [6.07, 6.45) is 5.01. The molecule has 1 amide bonds. The van der Waals surface area contributed by atoms with Gasteiger partial charge in [0.05, 0.1) is 11.7 Å². The molecule has 0 saturated carbocycles. The molecule has 1 aromatic heterocycles. The number of hydrogen-bond acceptors (Lipinski definition) is 6. The minimum Gasteiger partial charge on any atom is -0.444 e. The number of fused-ring (bicyclic) bond motifs is 2. The molecule has 1 aliphatic carbocycles. The van der Waals surface area contributed by atoms with E-state index in [1.807, 2.05) is 25.7 Å². The van der Waals surface area contributed by atoms with Crippen LogP contribution in [0.5, 0.6) is 0 Å². The third-order valence-electron chi connectivity index (χ3n) is 6.49. The van der Waals surface area contributed by atoms with Crippen molar-refractivity contribution in [3.8, 4) is 0 Å². The number of carbonyl (C=O) groups is 1. The summed E-state index contributed by atoms with van der Waals surface area (Å²) in [6.45, 7) is 12.8. The molecule has 2 N–H and O–H groups in total. The largest absolute Gasteiger partial charge is 0.444 e. The van der Waals surface area contributed by atoms with Gasteiger partial charge in [-0.05, 0) is 64.2 Å². The number of likely N-dealkylation sites (tertiary alicyclic amines) is 1. The topological polar surface area (TPSA) is 84.6 Å². The molecule has 3 aliphatic rings. The standard InChI is InChI=1S/C22H35N5O2/c1-21(2,3)29-20(28)27-10-6-7-14-12-26(13-17(14)27)18-15-8-9-22(4,5)11-16(15)24-19(23)25-18/h14,17H,6-13H2,1-5H3,(H2,23,24,25)/t14-,17+/m1/s1. The molecular weight excluding hydrogens is 366 g/mol. The molecule has 7 nitrogen and oxygen atoms in total. The second-order valence-corrected chi connectivity index (χ2v) is 10.7. The SMILES string of the molecule is CC1(C)CCc2c(nc(N)nc2N2C[C@H]3CCCN(C(=O)OC(C)(C)C)[C@H]3C2)C1. The van der Waals surface area contributed by atoms with Gasteiger partial charge in [0, 0.05) is 25.2 Å². The van der Waals surface area contributed by atoms with Crippen molar-refractivity contribution in [3.05, 3.63) is 11.3 Å². The molecule has 3 heterocycles. The maximum Gasteiger partial charge on any atom is 0.410 e. The number of nitrogen functional groups attached to an aromatic ring is 1. The first-order valence-electron chi connectivity index (χ1n) is 10.9. The normalized spacial score (nSPS) is 26.1. The minimum absolute atomic E-state index is 0.172.